The molecule has 0 aliphatic carbocycles. The molecule has 0 aromatic heterocycles. The third kappa shape index (κ3) is 3.07. The first-order valence-electron chi connectivity index (χ1n) is 4.62. The molecule has 0 heterocycles. The van der Waals surface area contributed by atoms with Crippen LogP contribution in [0.5, 0.6) is 5.75 Å². The first-order valence-corrected chi connectivity index (χ1v) is 4.62. The maximum Gasteiger partial charge on any atom is 0.119 e. The number of hydrogen-bond donors (Lipinski definition) is 0. The van der Waals surface area contributed by atoms with Crippen LogP contribution in [-0.2, 0) is 5.11 Å². The molecule has 0 aliphatic heterocycles. The van der Waals surface area contributed by atoms with Crippen LogP contribution in [-0.4, -0.2) is 6.61 Å². The van der Waals surface area contributed by atoms with E-state index >= 15 is 0 Å². The Hall–Kier alpha value is -1.02. The van der Waals surface area contributed by atoms with E-state index in [0.717, 1.165) is 17.7 Å². The Morgan fingerprint density at radius 2 is 2.23 bits per heavy atom. The van der Waals surface area contributed by atoms with E-state index in [-0.39, 0.29) is 0 Å². The minimum atomic E-state index is -0.676. The average molecular weight is 179 g/mol. The molecule has 0 N–H and O–H groups in total. The Morgan fingerprint density at radius 1 is 1.46 bits per heavy atom. The summed E-state index contributed by atoms with van der Waals surface area (Å²) in [5, 5.41) is 11.1. The number of benzene rings is 1. The average Bonchev–Trinajstić information content (AvgIpc) is 2.15. The van der Waals surface area contributed by atoms with E-state index in [4.69, 9.17) is 4.74 Å². The normalized spacial score (nSPS) is 12.5. The fraction of sp³-hybridized carbons (Fsp3) is 0.455. The van der Waals surface area contributed by atoms with Gasteiger partial charge in [-0.1, -0.05) is 19.1 Å². The molecule has 2 heteroatoms. The molecule has 13 heavy (non-hydrogen) atoms. The minimum Gasteiger partial charge on any atom is -0.494 e. The first-order chi connectivity index (χ1) is 6.24. The molecule has 0 saturated heterocycles. The number of hydrogen-bond acceptors (Lipinski definition) is 1. The van der Waals surface area contributed by atoms with Gasteiger partial charge in [-0.05, 0) is 31.0 Å². The van der Waals surface area contributed by atoms with E-state index < -0.39 is 6.10 Å². The van der Waals surface area contributed by atoms with Crippen LogP contribution < -0.4 is 4.74 Å². The van der Waals surface area contributed by atoms with Crippen LogP contribution in [0.1, 0.15) is 31.9 Å². The molecule has 0 amide bonds. The van der Waals surface area contributed by atoms with Gasteiger partial charge in [0.1, 0.15) is 11.9 Å². The van der Waals surface area contributed by atoms with Crippen molar-refractivity contribution in [3.05, 3.63) is 29.8 Å². The van der Waals surface area contributed by atoms with E-state index in [1.54, 1.807) is 6.92 Å². The van der Waals surface area contributed by atoms with Crippen molar-refractivity contribution in [1.82, 2.24) is 0 Å². The minimum absolute atomic E-state index is 0.676. The van der Waals surface area contributed by atoms with Crippen LogP contribution in [0.25, 0.3) is 0 Å². The lowest BCUT2D eigenvalue weighted by atomic mass is 10.1. The number of rotatable bonds is 4. The molecule has 1 radical (unpaired) electrons. The molecule has 1 atom stereocenters. The molecule has 2 nitrogen and oxygen atoms in total. The Morgan fingerprint density at radius 3 is 2.85 bits per heavy atom. The van der Waals surface area contributed by atoms with Crippen molar-refractivity contribution < 1.29 is 9.84 Å². The van der Waals surface area contributed by atoms with Crippen molar-refractivity contribution in [1.29, 1.82) is 0 Å². The molecule has 1 aromatic carbocycles. The molecular weight excluding hydrogens is 164 g/mol. The van der Waals surface area contributed by atoms with Crippen LogP contribution >= 0.6 is 0 Å². The molecule has 1 unspecified atom stereocenters. The predicted octanol–water partition coefficient (Wildman–Crippen LogP) is 2.97. The summed E-state index contributed by atoms with van der Waals surface area (Å²) in [5.74, 6) is 0.794. The second kappa shape index (κ2) is 4.87. The zero-order valence-electron chi connectivity index (χ0n) is 8.12. The molecular formula is C11H15O2. The third-order valence-corrected chi connectivity index (χ3v) is 1.80. The highest BCUT2D eigenvalue weighted by Gasteiger charge is 2.02. The van der Waals surface area contributed by atoms with Crippen molar-refractivity contribution >= 4 is 0 Å². The van der Waals surface area contributed by atoms with Gasteiger partial charge in [0.25, 0.3) is 0 Å². The molecule has 0 bridgehead atoms. The standard InChI is InChI=1S/C11H15O2/c1-3-7-13-11-6-4-5-10(8-11)9(2)12/h4-6,8-9H,3,7H2,1-2H3. The van der Waals surface area contributed by atoms with E-state index in [2.05, 4.69) is 6.92 Å². The fourth-order valence-corrected chi connectivity index (χ4v) is 1.08. The zero-order chi connectivity index (χ0) is 9.68. The van der Waals surface area contributed by atoms with E-state index in [1.165, 1.54) is 0 Å². The van der Waals surface area contributed by atoms with Crippen LogP contribution in [0.2, 0.25) is 0 Å². The van der Waals surface area contributed by atoms with Crippen LogP contribution in [0, 0.1) is 0 Å². The topological polar surface area (TPSA) is 29.1 Å². The molecule has 0 saturated carbocycles. The van der Waals surface area contributed by atoms with Gasteiger partial charge < -0.3 is 4.74 Å². The quantitative estimate of drug-likeness (QED) is 0.698. The van der Waals surface area contributed by atoms with Crippen LogP contribution in [0.3, 0.4) is 0 Å². The summed E-state index contributed by atoms with van der Waals surface area (Å²) in [4.78, 5) is 0. The Bertz CT molecular complexity index is 256. The lowest BCUT2D eigenvalue weighted by Gasteiger charge is -2.07. The van der Waals surface area contributed by atoms with Gasteiger partial charge in [0.05, 0.1) is 6.61 Å². The number of ether oxygens (including phenoxy) is 1. The molecule has 1 rings (SSSR count). The van der Waals surface area contributed by atoms with Crippen molar-refractivity contribution in [3.63, 3.8) is 0 Å². The second-order valence-corrected chi connectivity index (χ2v) is 3.06. The van der Waals surface area contributed by atoms with E-state index in [9.17, 15) is 5.11 Å². The summed E-state index contributed by atoms with van der Waals surface area (Å²) >= 11 is 0. The first kappa shape index (κ1) is 10.1. The Kier molecular flexibility index (Phi) is 3.77. The summed E-state index contributed by atoms with van der Waals surface area (Å²) in [7, 11) is 0. The summed E-state index contributed by atoms with van der Waals surface area (Å²) in [6.45, 7) is 4.40. The lowest BCUT2D eigenvalue weighted by Crippen LogP contribution is -1.96. The fourth-order valence-electron chi connectivity index (χ4n) is 1.08. The smallest absolute Gasteiger partial charge is 0.119 e. The summed E-state index contributed by atoms with van der Waals surface area (Å²) < 4.78 is 5.41. The highest BCUT2D eigenvalue weighted by atomic mass is 16.5. The molecule has 71 valence electrons. The summed E-state index contributed by atoms with van der Waals surface area (Å²) in [6.07, 6.45) is 0.308. The van der Waals surface area contributed by atoms with Crippen LogP contribution in [0.15, 0.2) is 24.3 Å². The summed E-state index contributed by atoms with van der Waals surface area (Å²) in [6, 6.07) is 7.38. The van der Waals surface area contributed by atoms with Gasteiger partial charge in [-0.15, -0.1) is 0 Å². The third-order valence-electron chi connectivity index (χ3n) is 1.80. The molecule has 1 aromatic rings. The largest absolute Gasteiger partial charge is 0.494 e. The van der Waals surface area contributed by atoms with Crippen molar-refractivity contribution in [3.8, 4) is 5.75 Å². The maximum absolute atomic E-state index is 11.1. The van der Waals surface area contributed by atoms with Gasteiger partial charge >= 0.3 is 0 Å². The maximum atomic E-state index is 11.1. The van der Waals surface area contributed by atoms with Crippen molar-refractivity contribution in [2.45, 2.75) is 26.4 Å². The Balaban J connectivity index is 2.68. The molecule has 0 spiro atoms. The van der Waals surface area contributed by atoms with Gasteiger partial charge in [0.15, 0.2) is 0 Å². The monoisotopic (exact) mass is 179 g/mol. The van der Waals surface area contributed by atoms with Gasteiger partial charge in [0.2, 0.25) is 0 Å². The van der Waals surface area contributed by atoms with Gasteiger partial charge in [-0.3, -0.25) is 0 Å². The Labute approximate surface area is 79.2 Å². The lowest BCUT2D eigenvalue weighted by molar-refractivity contribution is 0.106. The summed E-state index contributed by atoms with van der Waals surface area (Å²) in [5.41, 5.74) is 0.786. The van der Waals surface area contributed by atoms with Gasteiger partial charge in [-0.25, -0.2) is 5.11 Å². The zero-order valence-corrected chi connectivity index (χ0v) is 8.12. The second-order valence-electron chi connectivity index (χ2n) is 3.06. The molecule has 0 aliphatic rings. The highest BCUT2D eigenvalue weighted by Crippen LogP contribution is 2.19. The predicted molar refractivity (Wildman–Crippen MR) is 51.3 cm³/mol. The van der Waals surface area contributed by atoms with E-state index in [1.807, 2.05) is 24.3 Å². The SMILES string of the molecule is CCCOc1cccc(C(C)[O])c1. The van der Waals surface area contributed by atoms with Crippen molar-refractivity contribution in [2.75, 3.05) is 6.61 Å². The van der Waals surface area contributed by atoms with Crippen molar-refractivity contribution in [2.24, 2.45) is 0 Å². The van der Waals surface area contributed by atoms with Gasteiger partial charge in [-0.2, -0.15) is 0 Å². The van der Waals surface area contributed by atoms with E-state index in [0.29, 0.717) is 6.61 Å². The van der Waals surface area contributed by atoms with Gasteiger partial charge in [0, 0.05) is 0 Å². The van der Waals surface area contributed by atoms with Crippen LogP contribution in [0.4, 0.5) is 0 Å². The molecule has 0 fully saturated rings. The highest BCUT2D eigenvalue weighted by molar-refractivity contribution is 5.29.